The third-order valence-corrected chi connectivity index (χ3v) is 6.27. The molecule has 2 N–H and O–H groups in total. The molecule has 0 unspecified atom stereocenters. The Morgan fingerprint density at radius 2 is 1.49 bits per heavy atom. The maximum Gasteiger partial charge on any atom is 0.277 e. The standard InChI is InChI=1S/C25H24N4O4.CH5N/c1-33-20-11-9-19(10-12-20)29-24-21(22(16-30)26-29)13-15-28(25(24)32)18-7-5-17(6-8-18)27-14-3-2-4-23(27)31;1-2/h5-12,16H,2-4,13-15H2,1H3;2H2,1H3. The molecule has 0 saturated carbocycles. The molecule has 1 aromatic heterocycles. The fourth-order valence-corrected chi connectivity index (χ4v) is 4.53. The maximum atomic E-state index is 13.6. The molecule has 0 atom stereocenters. The molecule has 2 aliphatic rings. The lowest BCUT2D eigenvalue weighted by Crippen LogP contribution is -2.39. The van der Waals surface area contributed by atoms with Crippen LogP contribution in [-0.2, 0) is 11.2 Å². The molecule has 3 heterocycles. The molecule has 2 aromatic carbocycles. The zero-order valence-electron chi connectivity index (χ0n) is 19.9. The second kappa shape index (κ2) is 10.5. The molecule has 0 spiro atoms. The van der Waals surface area contributed by atoms with Crippen LogP contribution in [-0.4, -0.2) is 55.1 Å². The minimum Gasteiger partial charge on any atom is -0.497 e. The predicted octanol–water partition coefficient (Wildman–Crippen LogP) is 2.99. The molecule has 182 valence electrons. The Balaban J connectivity index is 0.00000141. The molecular formula is C26H29N5O4. The summed E-state index contributed by atoms with van der Waals surface area (Å²) in [6.45, 7) is 1.17. The summed E-state index contributed by atoms with van der Waals surface area (Å²) >= 11 is 0. The summed E-state index contributed by atoms with van der Waals surface area (Å²) in [6.07, 6.45) is 3.73. The van der Waals surface area contributed by atoms with Gasteiger partial charge in [0, 0.05) is 36.4 Å². The summed E-state index contributed by atoms with van der Waals surface area (Å²) in [6, 6.07) is 14.7. The lowest BCUT2D eigenvalue weighted by atomic mass is 10.0. The number of carbonyl (C=O) groups excluding carboxylic acids is 3. The topological polar surface area (TPSA) is 111 Å². The van der Waals surface area contributed by atoms with E-state index in [0.717, 1.165) is 30.8 Å². The summed E-state index contributed by atoms with van der Waals surface area (Å²) in [5.41, 5.74) is 8.11. The fraction of sp³-hybridized carbons (Fsp3) is 0.308. The van der Waals surface area contributed by atoms with Crippen LogP contribution in [0.1, 0.15) is 45.8 Å². The molecule has 1 saturated heterocycles. The average Bonchev–Trinajstić information content (AvgIpc) is 3.30. The van der Waals surface area contributed by atoms with Gasteiger partial charge >= 0.3 is 0 Å². The Morgan fingerprint density at radius 3 is 2.09 bits per heavy atom. The molecule has 35 heavy (non-hydrogen) atoms. The van der Waals surface area contributed by atoms with Crippen molar-refractivity contribution in [3.8, 4) is 11.4 Å². The summed E-state index contributed by atoms with van der Waals surface area (Å²) in [7, 11) is 3.09. The molecule has 2 amide bonds. The largest absolute Gasteiger partial charge is 0.497 e. The highest BCUT2D eigenvalue weighted by Gasteiger charge is 2.33. The van der Waals surface area contributed by atoms with Crippen LogP contribution in [0.2, 0.25) is 0 Å². The SMILES string of the molecule is CN.COc1ccc(-n2nc(C=O)c3c2C(=O)N(c2ccc(N4CCCCC4=O)cc2)CC3)cc1. The number of fused-ring (bicyclic) bond motifs is 1. The number of hydrogen-bond donors (Lipinski definition) is 1. The van der Waals surface area contributed by atoms with Crippen LogP contribution < -0.4 is 20.3 Å². The van der Waals surface area contributed by atoms with Crippen LogP contribution in [0, 0.1) is 0 Å². The number of rotatable bonds is 5. The fourth-order valence-electron chi connectivity index (χ4n) is 4.53. The van der Waals surface area contributed by atoms with E-state index >= 15 is 0 Å². The van der Waals surface area contributed by atoms with Crippen molar-refractivity contribution in [2.75, 3.05) is 37.0 Å². The molecule has 3 aromatic rings. The second-order valence-corrected chi connectivity index (χ2v) is 8.17. The first-order chi connectivity index (χ1) is 17.1. The molecule has 0 aliphatic carbocycles. The molecule has 9 heteroatoms. The van der Waals surface area contributed by atoms with Crippen molar-refractivity contribution in [3.63, 3.8) is 0 Å². The maximum absolute atomic E-state index is 13.6. The Morgan fingerprint density at radius 1 is 0.857 bits per heavy atom. The number of aldehydes is 1. The van der Waals surface area contributed by atoms with E-state index in [1.54, 1.807) is 41.2 Å². The molecular weight excluding hydrogens is 446 g/mol. The monoisotopic (exact) mass is 475 g/mol. The van der Waals surface area contributed by atoms with Gasteiger partial charge in [0.2, 0.25) is 5.91 Å². The van der Waals surface area contributed by atoms with E-state index in [0.29, 0.717) is 48.4 Å². The quantitative estimate of drug-likeness (QED) is 0.568. The summed E-state index contributed by atoms with van der Waals surface area (Å²) in [5, 5.41) is 4.41. The number of hydrogen-bond acceptors (Lipinski definition) is 6. The van der Waals surface area contributed by atoms with Gasteiger partial charge in [-0.3, -0.25) is 14.4 Å². The third-order valence-electron chi connectivity index (χ3n) is 6.27. The average molecular weight is 476 g/mol. The van der Waals surface area contributed by atoms with E-state index < -0.39 is 0 Å². The lowest BCUT2D eigenvalue weighted by molar-refractivity contribution is -0.119. The van der Waals surface area contributed by atoms with Gasteiger partial charge in [0.1, 0.15) is 17.1 Å². The summed E-state index contributed by atoms with van der Waals surface area (Å²) in [4.78, 5) is 40.9. The highest BCUT2D eigenvalue weighted by Crippen LogP contribution is 2.30. The molecule has 2 aliphatic heterocycles. The van der Waals surface area contributed by atoms with Gasteiger partial charge in [-0.15, -0.1) is 0 Å². The van der Waals surface area contributed by atoms with E-state index in [-0.39, 0.29) is 17.5 Å². The van der Waals surface area contributed by atoms with Crippen LogP contribution in [0.4, 0.5) is 11.4 Å². The number of carbonyl (C=O) groups is 3. The normalized spacial score (nSPS) is 15.3. The first kappa shape index (κ1) is 24.2. The number of nitrogens with zero attached hydrogens (tertiary/aromatic N) is 4. The highest BCUT2D eigenvalue weighted by atomic mass is 16.5. The van der Waals surface area contributed by atoms with E-state index in [1.165, 1.54) is 11.7 Å². The molecule has 9 nitrogen and oxygen atoms in total. The van der Waals surface area contributed by atoms with Crippen molar-refractivity contribution in [1.82, 2.24) is 9.78 Å². The first-order valence-electron chi connectivity index (χ1n) is 11.6. The van der Waals surface area contributed by atoms with Gasteiger partial charge in [-0.05, 0) is 74.8 Å². The van der Waals surface area contributed by atoms with Crippen LogP contribution in [0.5, 0.6) is 5.75 Å². The van der Waals surface area contributed by atoms with E-state index in [4.69, 9.17) is 4.74 Å². The van der Waals surface area contributed by atoms with Gasteiger partial charge in [0.25, 0.3) is 5.91 Å². The third kappa shape index (κ3) is 4.54. The Bertz CT molecular complexity index is 1220. The van der Waals surface area contributed by atoms with Crippen molar-refractivity contribution in [2.24, 2.45) is 5.73 Å². The minimum absolute atomic E-state index is 0.137. The van der Waals surface area contributed by atoms with E-state index in [1.807, 2.05) is 24.3 Å². The number of benzene rings is 2. The lowest BCUT2D eigenvalue weighted by Gasteiger charge is -2.29. The van der Waals surface area contributed by atoms with Crippen molar-refractivity contribution in [1.29, 1.82) is 0 Å². The molecule has 1 fully saturated rings. The van der Waals surface area contributed by atoms with Gasteiger partial charge < -0.3 is 20.3 Å². The molecule has 5 rings (SSSR count). The van der Waals surface area contributed by atoms with Gasteiger partial charge in [-0.2, -0.15) is 5.10 Å². The first-order valence-corrected chi connectivity index (χ1v) is 11.6. The number of anilines is 2. The molecule has 0 bridgehead atoms. The van der Waals surface area contributed by atoms with E-state index in [2.05, 4.69) is 10.8 Å². The number of methoxy groups -OCH3 is 1. The van der Waals surface area contributed by atoms with Gasteiger partial charge in [0.05, 0.1) is 12.8 Å². The number of piperidine rings is 1. The number of ether oxygens (including phenoxy) is 1. The van der Waals surface area contributed by atoms with Crippen LogP contribution in [0.3, 0.4) is 0 Å². The smallest absolute Gasteiger partial charge is 0.277 e. The minimum atomic E-state index is -0.213. The Kier molecular flexibility index (Phi) is 7.26. The van der Waals surface area contributed by atoms with E-state index in [9.17, 15) is 14.4 Å². The van der Waals surface area contributed by atoms with Crippen molar-refractivity contribution in [3.05, 3.63) is 65.5 Å². The zero-order valence-corrected chi connectivity index (χ0v) is 19.9. The van der Waals surface area contributed by atoms with Gasteiger partial charge in [-0.25, -0.2) is 4.68 Å². The van der Waals surface area contributed by atoms with Gasteiger partial charge in [-0.1, -0.05) is 0 Å². The van der Waals surface area contributed by atoms with Gasteiger partial charge in [0.15, 0.2) is 6.29 Å². The number of amides is 2. The van der Waals surface area contributed by atoms with Crippen molar-refractivity contribution in [2.45, 2.75) is 25.7 Å². The number of nitrogens with two attached hydrogens (primary N) is 1. The predicted molar refractivity (Wildman–Crippen MR) is 134 cm³/mol. The molecule has 0 radical (unpaired) electrons. The summed E-state index contributed by atoms with van der Waals surface area (Å²) < 4.78 is 6.75. The van der Waals surface area contributed by atoms with Crippen LogP contribution in [0.15, 0.2) is 48.5 Å². The second-order valence-electron chi connectivity index (χ2n) is 8.17. The van der Waals surface area contributed by atoms with Crippen LogP contribution in [0.25, 0.3) is 5.69 Å². The number of aromatic nitrogens is 2. The van der Waals surface area contributed by atoms with Crippen molar-refractivity contribution >= 4 is 29.5 Å². The Hall–Kier alpha value is -3.98. The van der Waals surface area contributed by atoms with Crippen molar-refractivity contribution < 1.29 is 19.1 Å². The zero-order chi connectivity index (χ0) is 24.9. The Labute approximate surface area is 204 Å². The van der Waals surface area contributed by atoms with Crippen LogP contribution >= 0.6 is 0 Å². The highest BCUT2D eigenvalue weighted by molar-refractivity contribution is 6.08. The summed E-state index contributed by atoms with van der Waals surface area (Å²) in [5.74, 6) is 0.613.